The zero-order chi connectivity index (χ0) is 8.10. The van der Waals surface area contributed by atoms with Crippen LogP contribution in [0, 0.1) is 5.41 Å². The Labute approximate surface area is 79.7 Å². The molecule has 0 saturated heterocycles. The number of nitrogens with one attached hydrogen (secondary N) is 2. The van der Waals surface area contributed by atoms with Crippen LogP contribution >= 0.6 is 22.6 Å². The third kappa shape index (κ3) is 2.49. The summed E-state index contributed by atoms with van der Waals surface area (Å²) in [4.78, 5) is 0. The van der Waals surface area contributed by atoms with Crippen LogP contribution < -0.4 is 5.32 Å². The summed E-state index contributed by atoms with van der Waals surface area (Å²) in [6.07, 6.45) is 0. The van der Waals surface area contributed by atoms with Crippen molar-refractivity contribution in [3.63, 3.8) is 0 Å². The van der Waals surface area contributed by atoms with Gasteiger partial charge in [0, 0.05) is 5.56 Å². The molecule has 0 aliphatic heterocycles. The highest BCUT2D eigenvalue weighted by Gasteiger charge is 1.95. The van der Waals surface area contributed by atoms with Crippen molar-refractivity contribution in [2.24, 2.45) is 0 Å². The Morgan fingerprint density at radius 1 is 1.36 bits per heavy atom. The van der Waals surface area contributed by atoms with Gasteiger partial charge in [0.15, 0.2) is 0 Å². The Kier molecular flexibility index (Phi) is 3.35. The normalized spacial score (nSPS) is 9.18. The number of hydrogen-bond acceptors (Lipinski definition) is 1. The first-order valence-corrected chi connectivity index (χ1v) is 4.81. The maximum atomic E-state index is 7.51. The predicted octanol–water partition coefficient (Wildman–Crippen LogP) is 1.99. The second kappa shape index (κ2) is 4.33. The van der Waals surface area contributed by atoms with Gasteiger partial charge in [-0.15, -0.1) is 0 Å². The summed E-state index contributed by atoms with van der Waals surface area (Å²) in [5, 5.41) is 10.4. The molecule has 0 spiro atoms. The lowest BCUT2D eigenvalue weighted by atomic mass is 10.2. The summed E-state index contributed by atoms with van der Waals surface area (Å²) in [7, 11) is 0. The minimum Gasteiger partial charge on any atom is -0.361 e. The first-order chi connectivity index (χ1) is 5.34. The SMILES string of the molecule is N=C(NCI)c1ccccc1. The topological polar surface area (TPSA) is 35.9 Å². The van der Waals surface area contributed by atoms with Crippen LogP contribution in [0.25, 0.3) is 0 Å². The van der Waals surface area contributed by atoms with Crippen LogP contribution in [0.5, 0.6) is 0 Å². The number of hydrogen-bond donors (Lipinski definition) is 2. The lowest BCUT2D eigenvalue weighted by Crippen LogP contribution is -2.20. The molecule has 1 rings (SSSR count). The van der Waals surface area contributed by atoms with Crippen LogP contribution in [0.3, 0.4) is 0 Å². The third-order valence-corrected chi connectivity index (χ3v) is 1.69. The minimum absolute atomic E-state index is 0.486. The van der Waals surface area contributed by atoms with Gasteiger partial charge in [-0.05, 0) is 0 Å². The summed E-state index contributed by atoms with van der Waals surface area (Å²) in [6, 6.07) is 9.64. The predicted molar refractivity (Wildman–Crippen MR) is 55.3 cm³/mol. The smallest absolute Gasteiger partial charge is 0.126 e. The molecule has 1 aromatic rings. The molecule has 0 aliphatic rings. The van der Waals surface area contributed by atoms with Gasteiger partial charge in [-0.3, -0.25) is 5.41 Å². The standard InChI is InChI=1S/C8H9IN2/c9-6-11-8(10)7-4-2-1-3-5-7/h1-5H,6H2,(H2,10,11). The van der Waals surface area contributed by atoms with Crippen molar-refractivity contribution in [3.05, 3.63) is 35.9 Å². The molecule has 11 heavy (non-hydrogen) atoms. The molecule has 0 unspecified atom stereocenters. The molecule has 0 radical (unpaired) electrons. The molecule has 0 amide bonds. The maximum Gasteiger partial charge on any atom is 0.126 e. The van der Waals surface area contributed by atoms with Gasteiger partial charge < -0.3 is 5.32 Å². The van der Waals surface area contributed by atoms with Gasteiger partial charge in [0.1, 0.15) is 5.84 Å². The van der Waals surface area contributed by atoms with E-state index in [9.17, 15) is 0 Å². The molecule has 58 valence electrons. The van der Waals surface area contributed by atoms with E-state index in [1.165, 1.54) is 0 Å². The van der Waals surface area contributed by atoms with Gasteiger partial charge in [-0.1, -0.05) is 52.9 Å². The molecule has 0 atom stereocenters. The van der Waals surface area contributed by atoms with E-state index < -0.39 is 0 Å². The van der Waals surface area contributed by atoms with E-state index in [4.69, 9.17) is 5.41 Å². The average molecular weight is 260 g/mol. The van der Waals surface area contributed by atoms with Crippen molar-refractivity contribution in [1.29, 1.82) is 5.41 Å². The summed E-state index contributed by atoms with van der Waals surface area (Å²) >= 11 is 2.18. The van der Waals surface area contributed by atoms with Crippen LogP contribution in [0.4, 0.5) is 0 Å². The van der Waals surface area contributed by atoms with Crippen molar-refractivity contribution in [1.82, 2.24) is 5.32 Å². The Hall–Kier alpha value is -0.580. The highest BCUT2D eigenvalue weighted by Crippen LogP contribution is 1.97. The van der Waals surface area contributed by atoms with Gasteiger partial charge >= 0.3 is 0 Å². The van der Waals surface area contributed by atoms with Crippen molar-refractivity contribution >= 4 is 28.4 Å². The van der Waals surface area contributed by atoms with E-state index >= 15 is 0 Å². The number of halogens is 1. The van der Waals surface area contributed by atoms with Crippen LogP contribution in [0.2, 0.25) is 0 Å². The fraction of sp³-hybridized carbons (Fsp3) is 0.125. The molecule has 0 fully saturated rings. The average Bonchev–Trinajstić information content (AvgIpc) is 2.07. The van der Waals surface area contributed by atoms with E-state index in [1.54, 1.807) is 0 Å². The van der Waals surface area contributed by atoms with E-state index in [0.29, 0.717) is 5.84 Å². The largest absolute Gasteiger partial charge is 0.361 e. The minimum atomic E-state index is 0.486. The summed E-state index contributed by atoms with van der Waals surface area (Å²) in [6.45, 7) is 0. The van der Waals surface area contributed by atoms with Crippen molar-refractivity contribution in [2.75, 3.05) is 4.55 Å². The quantitative estimate of drug-likeness (QED) is 0.275. The molecule has 0 heterocycles. The van der Waals surface area contributed by atoms with E-state index in [-0.39, 0.29) is 0 Å². The number of benzene rings is 1. The van der Waals surface area contributed by atoms with Crippen molar-refractivity contribution in [2.45, 2.75) is 0 Å². The van der Waals surface area contributed by atoms with Crippen molar-refractivity contribution < 1.29 is 0 Å². The Morgan fingerprint density at radius 3 is 2.55 bits per heavy atom. The Morgan fingerprint density at radius 2 is 2.00 bits per heavy atom. The molecule has 0 bridgehead atoms. The lowest BCUT2D eigenvalue weighted by molar-refractivity contribution is 1.13. The van der Waals surface area contributed by atoms with Crippen LogP contribution in [0.15, 0.2) is 30.3 Å². The first-order valence-electron chi connectivity index (χ1n) is 3.28. The molecule has 3 heteroatoms. The second-order valence-corrected chi connectivity index (χ2v) is 2.81. The Balaban J connectivity index is 2.69. The van der Waals surface area contributed by atoms with Gasteiger partial charge in [-0.2, -0.15) is 0 Å². The van der Waals surface area contributed by atoms with Crippen LogP contribution in [0.1, 0.15) is 5.56 Å². The molecular formula is C8H9IN2. The van der Waals surface area contributed by atoms with E-state index in [1.807, 2.05) is 30.3 Å². The highest BCUT2D eigenvalue weighted by atomic mass is 127. The monoisotopic (exact) mass is 260 g/mol. The zero-order valence-corrected chi connectivity index (χ0v) is 8.13. The van der Waals surface area contributed by atoms with Gasteiger partial charge in [-0.25, -0.2) is 0 Å². The Bertz CT molecular complexity index is 233. The van der Waals surface area contributed by atoms with Crippen LogP contribution in [-0.2, 0) is 0 Å². The molecule has 2 nitrogen and oxygen atoms in total. The van der Waals surface area contributed by atoms with Crippen molar-refractivity contribution in [3.8, 4) is 0 Å². The lowest BCUT2D eigenvalue weighted by Gasteiger charge is -2.02. The molecule has 2 N–H and O–H groups in total. The van der Waals surface area contributed by atoms with Gasteiger partial charge in [0.25, 0.3) is 0 Å². The number of rotatable bonds is 2. The fourth-order valence-electron chi connectivity index (χ4n) is 0.774. The summed E-state index contributed by atoms with van der Waals surface area (Å²) < 4.78 is 0.769. The number of alkyl halides is 1. The zero-order valence-electron chi connectivity index (χ0n) is 5.97. The highest BCUT2D eigenvalue weighted by molar-refractivity contribution is 14.1. The fourth-order valence-corrected chi connectivity index (χ4v) is 1.16. The maximum absolute atomic E-state index is 7.51. The molecule has 0 aliphatic carbocycles. The number of amidine groups is 1. The van der Waals surface area contributed by atoms with Gasteiger partial charge in [0.2, 0.25) is 0 Å². The molecular weight excluding hydrogens is 251 g/mol. The van der Waals surface area contributed by atoms with Crippen LogP contribution in [-0.4, -0.2) is 10.4 Å². The second-order valence-electron chi connectivity index (χ2n) is 2.05. The van der Waals surface area contributed by atoms with E-state index in [2.05, 4.69) is 27.9 Å². The third-order valence-electron chi connectivity index (χ3n) is 1.31. The molecule has 0 aromatic heterocycles. The van der Waals surface area contributed by atoms with E-state index in [0.717, 1.165) is 10.1 Å². The first kappa shape index (κ1) is 8.52. The van der Waals surface area contributed by atoms with Gasteiger partial charge in [0.05, 0.1) is 4.55 Å². The molecule has 0 saturated carbocycles. The summed E-state index contributed by atoms with van der Waals surface area (Å²) in [5.74, 6) is 0.486. The summed E-state index contributed by atoms with van der Waals surface area (Å²) in [5.41, 5.74) is 0.934. The molecule has 1 aromatic carbocycles.